The third-order valence-corrected chi connectivity index (χ3v) is 4.03. The van der Waals surface area contributed by atoms with E-state index in [-0.39, 0.29) is 5.41 Å². The van der Waals surface area contributed by atoms with Crippen LogP contribution < -0.4 is 0 Å². The van der Waals surface area contributed by atoms with Crippen molar-refractivity contribution in [3.63, 3.8) is 0 Å². The lowest BCUT2D eigenvalue weighted by atomic mass is 9.79. The van der Waals surface area contributed by atoms with Crippen LogP contribution in [0.15, 0.2) is 4.52 Å². The second-order valence-electron chi connectivity index (χ2n) is 4.46. The normalized spacial score (nSPS) is 23.3. The molecule has 3 nitrogen and oxygen atoms in total. The van der Waals surface area contributed by atoms with E-state index in [1.165, 1.54) is 12.0 Å². The van der Waals surface area contributed by atoms with Gasteiger partial charge in [-0.3, -0.25) is 0 Å². The SMILES string of the molecule is ClCc1noc2c1CCC21CCOCC1. The molecule has 2 aliphatic rings. The Kier molecular flexibility index (Phi) is 2.25. The largest absolute Gasteiger partial charge is 0.381 e. The van der Waals surface area contributed by atoms with E-state index in [2.05, 4.69) is 5.16 Å². The first-order valence-electron chi connectivity index (χ1n) is 5.47. The van der Waals surface area contributed by atoms with E-state index in [9.17, 15) is 0 Å². The fraction of sp³-hybridized carbons (Fsp3) is 0.727. The van der Waals surface area contributed by atoms with Crippen molar-refractivity contribution in [2.75, 3.05) is 13.2 Å². The van der Waals surface area contributed by atoms with E-state index in [4.69, 9.17) is 20.9 Å². The molecule has 2 heterocycles. The van der Waals surface area contributed by atoms with Crippen molar-refractivity contribution in [2.24, 2.45) is 0 Å². The Morgan fingerprint density at radius 2 is 2.07 bits per heavy atom. The third-order valence-electron chi connectivity index (χ3n) is 3.78. The second-order valence-corrected chi connectivity index (χ2v) is 4.73. The first-order valence-corrected chi connectivity index (χ1v) is 6.01. The summed E-state index contributed by atoms with van der Waals surface area (Å²) >= 11 is 5.83. The standard InChI is InChI=1S/C11H14ClNO2/c12-7-9-8-1-2-11(10(8)15-13-9)3-5-14-6-4-11/h1-7H2. The molecule has 1 aliphatic heterocycles. The lowest BCUT2D eigenvalue weighted by Crippen LogP contribution is -2.31. The maximum Gasteiger partial charge on any atom is 0.146 e. The number of alkyl halides is 1. The zero-order valence-corrected chi connectivity index (χ0v) is 9.35. The van der Waals surface area contributed by atoms with Crippen LogP contribution >= 0.6 is 11.6 Å². The second kappa shape index (κ2) is 3.49. The van der Waals surface area contributed by atoms with Crippen molar-refractivity contribution in [3.8, 4) is 0 Å². The van der Waals surface area contributed by atoms with Crippen LogP contribution in [0.25, 0.3) is 0 Å². The molecule has 0 bridgehead atoms. The molecule has 1 aromatic rings. The molecule has 15 heavy (non-hydrogen) atoms. The smallest absolute Gasteiger partial charge is 0.146 e. The zero-order chi connectivity index (χ0) is 10.3. The Morgan fingerprint density at radius 3 is 2.80 bits per heavy atom. The van der Waals surface area contributed by atoms with Gasteiger partial charge in [-0.1, -0.05) is 5.16 Å². The van der Waals surface area contributed by atoms with E-state index in [1.807, 2.05) is 0 Å². The Bertz CT molecular complexity index is 369. The van der Waals surface area contributed by atoms with Gasteiger partial charge in [-0.05, 0) is 25.7 Å². The summed E-state index contributed by atoms with van der Waals surface area (Å²) in [4.78, 5) is 0. The maximum atomic E-state index is 5.83. The number of hydrogen-bond acceptors (Lipinski definition) is 3. The van der Waals surface area contributed by atoms with E-state index in [0.717, 1.165) is 43.9 Å². The molecule has 0 aromatic carbocycles. The molecule has 0 atom stereocenters. The van der Waals surface area contributed by atoms with Crippen LogP contribution in [-0.4, -0.2) is 18.4 Å². The van der Waals surface area contributed by atoms with Crippen molar-refractivity contribution in [2.45, 2.75) is 37.0 Å². The summed E-state index contributed by atoms with van der Waals surface area (Å²) in [6, 6.07) is 0. The highest BCUT2D eigenvalue weighted by atomic mass is 35.5. The summed E-state index contributed by atoms with van der Waals surface area (Å²) in [6.07, 6.45) is 4.38. The van der Waals surface area contributed by atoms with Crippen LogP contribution in [0.4, 0.5) is 0 Å². The van der Waals surface area contributed by atoms with Crippen LogP contribution in [0.2, 0.25) is 0 Å². The van der Waals surface area contributed by atoms with E-state index >= 15 is 0 Å². The molecule has 1 fully saturated rings. The van der Waals surface area contributed by atoms with Gasteiger partial charge in [0.2, 0.25) is 0 Å². The summed E-state index contributed by atoms with van der Waals surface area (Å²) < 4.78 is 10.9. The predicted molar refractivity (Wildman–Crippen MR) is 56.1 cm³/mol. The molecule has 0 unspecified atom stereocenters. The number of aromatic nitrogens is 1. The van der Waals surface area contributed by atoms with Gasteiger partial charge in [0.05, 0.1) is 5.88 Å². The minimum atomic E-state index is 0.213. The van der Waals surface area contributed by atoms with E-state index in [1.54, 1.807) is 0 Å². The highest BCUT2D eigenvalue weighted by Gasteiger charge is 2.44. The Labute approximate surface area is 93.7 Å². The maximum absolute atomic E-state index is 5.83. The highest BCUT2D eigenvalue weighted by molar-refractivity contribution is 6.17. The predicted octanol–water partition coefficient (Wildman–Crippen LogP) is 2.41. The minimum absolute atomic E-state index is 0.213. The minimum Gasteiger partial charge on any atom is -0.381 e. The van der Waals surface area contributed by atoms with Gasteiger partial charge in [0.1, 0.15) is 11.5 Å². The quantitative estimate of drug-likeness (QED) is 0.692. The molecule has 0 amide bonds. The number of halogens is 1. The first kappa shape index (κ1) is 9.67. The van der Waals surface area contributed by atoms with Gasteiger partial charge in [-0.15, -0.1) is 11.6 Å². The van der Waals surface area contributed by atoms with Crippen molar-refractivity contribution in [1.29, 1.82) is 0 Å². The summed E-state index contributed by atoms with van der Waals surface area (Å²) in [7, 11) is 0. The van der Waals surface area contributed by atoms with Crippen LogP contribution in [0.5, 0.6) is 0 Å². The van der Waals surface area contributed by atoms with Gasteiger partial charge < -0.3 is 9.26 Å². The highest BCUT2D eigenvalue weighted by Crippen LogP contribution is 2.46. The summed E-state index contributed by atoms with van der Waals surface area (Å²) in [5, 5.41) is 4.06. The van der Waals surface area contributed by atoms with Crippen molar-refractivity contribution < 1.29 is 9.26 Å². The molecule has 0 radical (unpaired) electrons. The van der Waals surface area contributed by atoms with Gasteiger partial charge in [0.15, 0.2) is 0 Å². The average Bonchev–Trinajstić information content (AvgIpc) is 2.83. The lowest BCUT2D eigenvalue weighted by molar-refractivity contribution is 0.0408. The van der Waals surface area contributed by atoms with Gasteiger partial charge in [0.25, 0.3) is 0 Å². The molecule has 1 spiro atoms. The molecule has 1 saturated heterocycles. The summed E-state index contributed by atoms with van der Waals surface area (Å²) in [5.74, 6) is 1.56. The first-order chi connectivity index (χ1) is 7.36. The number of hydrogen-bond donors (Lipinski definition) is 0. The van der Waals surface area contributed by atoms with Crippen molar-refractivity contribution in [3.05, 3.63) is 17.0 Å². The molecule has 82 valence electrons. The lowest BCUT2D eigenvalue weighted by Gasteiger charge is -2.31. The zero-order valence-electron chi connectivity index (χ0n) is 8.59. The Hall–Kier alpha value is -0.540. The molecular formula is C11H14ClNO2. The number of rotatable bonds is 1. The van der Waals surface area contributed by atoms with Crippen LogP contribution in [0.1, 0.15) is 36.3 Å². The molecule has 1 aromatic heterocycles. The molecule has 4 heteroatoms. The van der Waals surface area contributed by atoms with Gasteiger partial charge in [-0.25, -0.2) is 0 Å². The number of ether oxygens (including phenoxy) is 1. The number of fused-ring (bicyclic) bond motifs is 2. The van der Waals surface area contributed by atoms with Crippen molar-refractivity contribution in [1.82, 2.24) is 5.16 Å². The Balaban J connectivity index is 1.99. The topological polar surface area (TPSA) is 35.3 Å². The molecule has 1 aliphatic carbocycles. The summed E-state index contributed by atoms with van der Waals surface area (Å²) in [6.45, 7) is 1.69. The Morgan fingerprint density at radius 1 is 1.27 bits per heavy atom. The van der Waals surface area contributed by atoms with E-state index in [0.29, 0.717) is 5.88 Å². The number of nitrogens with zero attached hydrogens (tertiary/aromatic N) is 1. The van der Waals surface area contributed by atoms with E-state index < -0.39 is 0 Å². The fourth-order valence-electron chi connectivity index (χ4n) is 2.84. The van der Waals surface area contributed by atoms with Crippen molar-refractivity contribution >= 4 is 11.6 Å². The molecule has 0 N–H and O–H groups in total. The fourth-order valence-corrected chi connectivity index (χ4v) is 3.05. The molecule has 0 saturated carbocycles. The molecular weight excluding hydrogens is 214 g/mol. The third kappa shape index (κ3) is 1.33. The van der Waals surface area contributed by atoms with Gasteiger partial charge >= 0.3 is 0 Å². The van der Waals surface area contributed by atoms with Crippen LogP contribution in [0.3, 0.4) is 0 Å². The average molecular weight is 228 g/mol. The molecule has 3 rings (SSSR count). The monoisotopic (exact) mass is 227 g/mol. The van der Waals surface area contributed by atoms with Crippen LogP contribution in [-0.2, 0) is 22.5 Å². The van der Waals surface area contributed by atoms with Gasteiger partial charge in [0, 0.05) is 24.2 Å². The van der Waals surface area contributed by atoms with Gasteiger partial charge in [-0.2, -0.15) is 0 Å². The summed E-state index contributed by atoms with van der Waals surface area (Å²) in [5.41, 5.74) is 2.42. The van der Waals surface area contributed by atoms with Crippen LogP contribution in [0, 0.1) is 0 Å².